The third-order valence-corrected chi connectivity index (χ3v) is 3.60. The Bertz CT molecular complexity index is 292. The van der Waals surface area contributed by atoms with Gasteiger partial charge in [-0.3, -0.25) is 9.59 Å². The first kappa shape index (κ1) is 14.0. The van der Waals surface area contributed by atoms with Crippen molar-refractivity contribution in [3.05, 3.63) is 0 Å². The molecule has 2 atom stereocenters. The topological polar surface area (TPSA) is 75.6 Å². The average Bonchev–Trinajstić information content (AvgIpc) is 2.29. The Kier molecular flexibility index (Phi) is 4.93. The number of hydrogen-bond donors (Lipinski definition) is 2. The van der Waals surface area contributed by atoms with E-state index in [0.29, 0.717) is 26.1 Å². The molecule has 0 radical (unpaired) electrons. The zero-order valence-corrected chi connectivity index (χ0v) is 10.5. The van der Waals surface area contributed by atoms with E-state index in [4.69, 9.17) is 4.74 Å². The van der Waals surface area contributed by atoms with E-state index in [1.807, 2.05) is 6.92 Å². The Morgan fingerprint density at radius 2 is 2.18 bits per heavy atom. The van der Waals surface area contributed by atoms with E-state index in [9.17, 15) is 14.7 Å². The molecule has 0 aromatic rings. The van der Waals surface area contributed by atoms with Crippen LogP contribution < -0.4 is 5.32 Å². The van der Waals surface area contributed by atoms with Gasteiger partial charge in [0.15, 0.2) is 0 Å². The fourth-order valence-corrected chi connectivity index (χ4v) is 2.58. The van der Waals surface area contributed by atoms with Gasteiger partial charge >= 0.3 is 11.9 Å². The summed E-state index contributed by atoms with van der Waals surface area (Å²) in [7, 11) is 0. The number of hydrogen-bond acceptors (Lipinski definition) is 4. The molecular formula is C12H21NO4. The van der Waals surface area contributed by atoms with Crippen molar-refractivity contribution < 1.29 is 19.4 Å². The molecule has 0 saturated carbocycles. The molecule has 0 spiro atoms. The molecular weight excluding hydrogens is 222 g/mol. The lowest BCUT2D eigenvalue weighted by Gasteiger charge is -2.40. The molecule has 1 aliphatic rings. The number of carboxylic acids is 1. The molecule has 17 heavy (non-hydrogen) atoms. The zero-order valence-electron chi connectivity index (χ0n) is 10.5. The highest BCUT2D eigenvalue weighted by Crippen LogP contribution is 2.40. The lowest BCUT2D eigenvalue weighted by molar-refractivity contribution is -0.163. The van der Waals surface area contributed by atoms with Crippen molar-refractivity contribution in [2.24, 2.45) is 11.3 Å². The second-order valence-corrected chi connectivity index (χ2v) is 4.50. The Labute approximate surface area is 102 Å². The number of carboxylic acid groups (broad SMARTS) is 1. The summed E-state index contributed by atoms with van der Waals surface area (Å²) >= 11 is 0. The van der Waals surface area contributed by atoms with Crippen molar-refractivity contribution in [3.8, 4) is 0 Å². The van der Waals surface area contributed by atoms with Gasteiger partial charge in [-0.25, -0.2) is 0 Å². The molecule has 0 unspecified atom stereocenters. The van der Waals surface area contributed by atoms with E-state index in [1.54, 1.807) is 6.92 Å². The van der Waals surface area contributed by atoms with Gasteiger partial charge in [0.05, 0.1) is 18.4 Å². The van der Waals surface area contributed by atoms with Crippen LogP contribution in [0.2, 0.25) is 0 Å². The van der Waals surface area contributed by atoms with Crippen LogP contribution in [-0.2, 0) is 14.3 Å². The van der Waals surface area contributed by atoms with Crippen molar-refractivity contribution in [2.45, 2.75) is 33.1 Å². The van der Waals surface area contributed by atoms with Crippen LogP contribution in [0.4, 0.5) is 0 Å². The van der Waals surface area contributed by atoms with Gasteiger partial charge in [-0.1, -0.05) is 13.3 Å². The van der Waals surface area contributed by atoms with Crippen LogP contribution in [0.1, 0.15) is 33.1 Å². The number of carbonyl (C=O) groups is 2. The summed E-state index contributed by atoms with van der Waals surface area (Å²) in [4.78, 5) is 23.1. The van der Waals surface area contributed by atoms with E-state index in [1.165, 1.54) is 0 Å². The summed E-state index contributed by atoms with van der Waals surface area (Å²) in [5.41, 5.74) is -0.952. The number of ether oxygens (including phenoxy) is 1. The first-order valence-corrected chi connectivity index (χ1v) is 6.16. The quantitative estimate of drug-likeness (QED) is 0.705. The van der Waals surface area contributed by atoms with Crippen LogP contribution in [0.15, 0.2) is 0 Å². The molecule has 98 valence electrons. The van der Waals surface area contributed by atoms with Crippen LogP contribution in [0, 0.1) is 11.3 Å². The van der Waals surface area contributed by atoms with Crippen molar-refractivity contribution in [1.29, 1.82) is 0 Å². The predicted molar refractivity (Wildman–Crippen MR) is 62.6 cm³/mol. The smallest absolute Gasteiger partial charge is 0.310 e. The van der Waals surface area contributed by atoms with Gasteiger partial charge in [-0.05, 0) is 32.4 Å². The third kappa shape index (κ3) is 2.97. The molecule has 0 aromatic heterocycles. The molecule has 0 bridgehead atoms. The fraction of sp³-hybridized carbons (Fsp3) is 0.833. The molecule has 1 fully saturated rings. The summed E-state index contributed by atoms with van der Waals surface area (Å²) < 4.78 is 4.89. The minimum absolute atomic E-state index is 0.0156. The van der Waals surface area contributed by atoms with Gasteiger partial charge in [-0.2, -0.15) is 0 Å². The van der Waals surface area contributed by atoms with Gasteiger partial charge in [0.1, 0.15) is 0 Å². The normalized spacial score (nSPS) is 28.7. The van der Waals surface area contributed by atoms with Gasteiger partial charge in [0.25, 0.3) is 0 Å². The number of nitrogens with one attached hydrogen (secondary N) is 1. The Morgan fingerprint density at radius 1 is 1.47 bits per heavy atom. The first-order chi connectivity index (χ1) is 8.06. The molecule has 5 nitrogen and oxygen atoms in total. The van der Waals surface area contributed by atoms with E-state index in [2.05, 4.69) is 5.32 Å². The highest BCUT2D eigenvalue weighted by Gasteiger charge is 2.48. The minimum Gasteiger partial charge on any atom is -0.481 e. The molecule has 1 aliphatic heterocycles. The maximum Gasteiger partial charge on any atom is 0.310 e. The standard InChI is InChI=1S/C12H21NO4/c1-3-9-8-13-6-5-12(9,11(15)16)7-10(14)17-4-2/h9,13H,3-8H2,1-2H3,(H,15,16)/t9-,12-/m0/s1. The second kappa shape index (κ2) is 6.00. The van der Waals surface area contributed by atoms with E-state index < -0.39 is 17.4 Å². The highest BCUT2D eigenvalue weighted by molar-refractivity contribution is 5.82. The number of carbonyl (C=O) groups excluding carboxylic acids is 1. The molecule has 0 aromatic carbocycles. The van der Waals surface area contributed by atoms with Crippen LogP contribution in [0.3, 0.4) is 0 Å². The summed E-state index contributed by atoms with van der Waals surface area (Å²) in [6.45, 7) is 5.28. The third-order valence-electron chi connectivity index (χ3n) is 3.60. The van der Waals surface area contributed by atoms with Gasteiger partial charge in [0.2, 0.25) is 0 Å². The summed E-state index contributed by atoms with van der Waals surface area (Å²) in [6, 6.07) is 0. The average molecular weight is 243 g/mol. The fourth-order valence-electron chi connectivity index (χ4n) is 2.58. The number of esters is 1. The van der Waals surface area contributed by atoms with Gasteiger partial charge in [-0.15, -0.1) is 0 Å². The van der Waals surface area contributed by atoms with Crippen molar-refractivity contribution in [3.63, 3.8) is 0 Å². The second-order valence-electron chi connectivity index (χ2n) is 4.50. The monoisotopic (exact) mass is 243 g/mol. The molecule has 1 heterocycles. The first-order valence-electron chi connectivity index (χ1n) is 6.16. The van der Waals surface area contributed by atoms with Crippen molar-refractivity contribution in [2.75, 3.05) is 19.7 Å². The molecule has 0 amide bonds. The molecule has 5 heteroatoms. The lowest BCUT2D eigenvalue weighted by atomic mass is 9.67. The van der Waals surface area contributed by atoms with Crippen LogP contribution in [-0.4, -0.2) is 36.7 Å². The van der Waals surface area contributed by atoms with Crippen molar-refractivity contribution >= 4 is 11.9 Å². The molecule has 1 saturated heterocycles. The Morgan fingerprint density at radius 3 is 2.71 bits per heavy atom. The van der Waals surface area contributed by atoms with Gasteiger partial charge < -0.3 is 15.2 Å². The molecule has 1 rings (SSSR count). The van der Waals surface area contributed by atoms with Crippen molar-refractivity contribution in [1.82, 2.24) is 5.32 Å². The summed E-state index contributed by atoms with van der Waals surface area (Å²) in [5, 5.41) is 12.7. The SMILES string of the molecule is CCOC(=O)C[C@@]1(C(=O)O)CCNC[C@@H]1CC. The highest BCUT2D eigenvalue weighted by atomic mass is 16.5. The lowest BCUT2D eigenvalue weighted by Crippen LogP contribution is -2.50. The van der Waals surface area contributed by atoms with Crippen LogP contribution >= 0.6 is 0 Å². The van der Waals surface area contributed by atoms with E-state index in [-0.39, 0.29) is 12.3 Å². The summed E-state index contributed by atoms with van der Waals surface area (Å²) in [6.07, 6.45) is 1.22. The Balaban J connectivity index is 2.86. The summed E-state index contributed by atoms with van der Waals surface area (Å²) in [5.74, 6) is -1.30. The van der Waals surface area contributed by atoms with E-state index in [0.717, 1.165) is 6.42 Å². The number of piperidine rings is 1. The Hall–Kier alpha value is -1.10. The maximum atomic E-state index is 11.6. The predicted octanol–water partition coefficient (Wildman–Crippen LogP) is 1.03. The van der Waals surface area contributed by atoms with Crippen LogP contribution in [0.25, 0.3) is 0 Å². The molecule has 0 aliphatic carbocycles. The van der Waals surface area contributed by atoms with E-state index >= 15 is 0 Å². The zero-order chi connectivity index (χ0) is 12.9. The number of rotatable bonds is 5. The largest absolute Gasteiger partial charge is 0.481 e. The minimum atomic E-state index is -0.952. The van der Waals surface area contributed by atoms with Crippen LogP contribution in [0.5, 0.6) is 0 Å². The van der Waals surface area contributed by atoms with Gasteiger partial charge in [0, 0.05) is 0 Å². The molecule has 2 N–H and O–H groups in total. The maximum absolute atomic E-state index is 11.6. The number of aliphatic carboxylic acids is 1.